The van der Waals surface area contributed by atoms with Gasteiger partial charge in [-0.05, 0) is 23.8 Å². The van der Waals surface area contributed by atoms with Gasteiger partial charge in [-0.2, -0.15) is 0 Å². The summed E-state index contributed by atoms with van der Waals surface area (Å²) in [5.74, 6) is -1.80. The summed E-state index contributed by atoms with van der Waals surface area (Å²) in [5.41, 5.74) is -0.0587. The quantitative estimate of drug-likeness (QED) is 0.666. The number of ether oxygens (including phenoxy) is 3. The molecule has 3 rings (SSSR count). The number of carboxylic acids is 2. The zero-order valence-electron chi connectivity index (χ0n) is 15.3. The highest BCUT2D eigenvalue weighted by molar-refractivity contribution is 6.13. The third-order valence-electron chi connectivity index (χ3n) is 4.26. The summed E-state index contributed by atoms with van der Waals surface area (Å²) in [5, 5.41) is 19.9. The Labute approximate surface area is 159 Å². The molecule has 28 heavy (non-hydrogen) atoms. The lowest BCUT2D eigenvalue weighted by atomic mass is 9.93. The number of rotatable bonds is 6. The Kier molecular flexibility index (Phi) is 5.04. The van der Waals surface area contributed by atoms with Crippen LogP contribution < -0.4 is 14.2 Å². The SMILES string of the molecule is COc1cc(-c2c(C(=O)O)nc3ccccc3c2C(=O)O)cc(OC)c1OC. The summed E-state index contributed by atoms with van der Waals surface area (Å²) in [4.78, 5) is 28.2. The van der Waals surface area contributed by atoms with Gasteiger partial charge in [0.2, 0.25) is 5.75 Å². The van der Waals surface area contributed by atoms with Crippen LogP contribution in [0.3, 0.4) is 0 Å². The standard InChI is InChI=1S/C20H17NO7/c1-26-13-8-10(9-14(27-2)18(13)28-3)15-16(19(22)23)11-6-4-5-7-12(11)21-17(15)20(24)25/h4-9H,1-3H3,(H,22,23)(H,24,25). The van der Waals surface area contributed by atoms with Gasteiger partial charge in [0.25, 0.3) is 0 Å². The molecule has 144 valence electrons. The van der Waals surface area contributed by atoms with E-state index in [-0.39, 0.29) is 39.4 Å². The van der Waals surface area contributed by atoms with Crippen molar-refractivity contribution in [3.63, 3.8) is 0 Å². The Balaban J connectivity index is 2.49. The van der Waals surface area contributed by atoms with Gasteiger partial charge in [-0.3, -0.25) is 0 Å². The first kappa shape index (κ1) is 19.0. The maximum Gasteiger partial charge on any atom is 0.355 e. The molecule has 0 saturated carbocycles. The van der Waals surface area contributed by atoms with Gasteiger partial charge in [0, 0.05) is 10.9 Å². The molecule has 8 nitrogen and oxygen atoms in total. The molecule has 3 aromatic rings. The van der Waals surface area contributed by atoms with Crippen molar-refractivity contribution in [2.24, 2.45) is 0 Å². The van der Waals surface area contributed by atoms with Crippen LogP contribution in [-0.2, 0) is 0 Å². The number of hydrogen-bond donors (Lipinski definition) is 2. The molecule has 0 spiro atoms. The average molecular weight is 383 g/mol. The summed E-state index contributed by atoms with van der Waals surface area (Å²) >= 11 is 0. The van der Waals surface area contributed by atoms with E-state index in [1.165, 1.54) is 33.5 Å². The summed E-state index contributed by atoms with van der Waals surface area (Å²) in [7, 11) is 4.26. The van der Waals surface area contributed by atoms with Crippen LogP contribution in [0, 0.1) is 0 Å². The predicted octanol–water partition coefficient (Wildman–Crippen LogP) is 3.32. The maximum absolute atomic E-state index is 12.1. The molecular formula is C20H17NO7. The van der Waals surface area contributed by atoms with E-state index < -0.39 is 11.9 Å². The maximum atomic E-state index is 12.1. The smallest absolute Gasteiger partial charge is 0.355 e. The van der Waals surface area contributed by atoms with Gasteiger partial charge >= 0.3 is 11.9 Å². The molecule has 0 bridgehead atoms. The van der Waals surface area contributed by atoms with Crippen molar-refractivity contribution >= 4 is 22.8 Å². The number of fused-ring (bicyclic) bond motifs is 1. The van der Waals surface area contributed by atoms with Crippen LogP contribution in [0.5, 0.6) is 17.2 Å². The normalized spacial score (nSPS) is 10.5. The topological polar surface area (TPSA) is 115 Å². The number of methoxy groups -OCH3 is 3. The van der Waals surface area contributed by atoms with Crippen LogP contribution >= 0.6 is 0 Å². The molecule has 0 aliphatic carbocycles. The Hall–Kier alpha value is -3.81. The van der Waals surface area contributed by atoms with Crippen molar-refractivity contribution in [3.8, 4) is 28.4 Å². The lowest BCUT2D eigenvalue weighted by Crippen LogP contribution is -2.11. The van der Waals surface area contributed by atoms with Gasteiger partial charge in [-0.15, -0.1) is 0 Å². The first-order valence-corrected chi connectivity index (χ1v) is 8.12. The Morgan fingerprint density at radius 2 is 1.50 bits per heavy atom. The van der Waals surface area contributed by atoms with Crippen LogP contribution in [0.1, 0.15) is 20.8 Å². The fourth-order valence-electron chi connectivity index (χ4n) is 3.10. The van der Waals surface area contributed by atoms with Gasteiger partial charge in [0.05, 0.1) is 32.4 Å². The van der Waals surface area contributed by atoms with Crippen LogP contribution in [0.15, 0.2) is 36.4 Å². The van der Waals surface area contributed by atoms with E-state index in [1.54, 1.807) is 24.3 Å². The molecule has 1 heterocycles. The number of carbonyl (C=O) groups is 2. The molecule has 2 aromatic carbocycles. The molecule has 0 aliphatic rings. The largest absolute Gasteiger partial charge is 0.493 e. The molecule has 0 fully saturated rings. The minimum atomic E-state index is -1.35. The molecule has 8 heteroatoms. The Bertz CT molecular complexity index is 1070. The van der Waals surface area contributed by atoms with Crippen LogP contribution in [0.25, 0.3) is 22.0 Å². The van der Waals surface area contributed by atoms with Crippen LogP contribution in [0.4, 0.5) is 0 Å². The molecule has 0 amide bonds. The third-order valence-corrected chi connectivity index (χ3v) is 4.26. The molecule has 1 aromatic heterocycles. The third kappa shape index (κ3) is 3.05. The highest BCUT2D eigenvalue weighted by Crippen LogP contribution is 2.43. The lowest BCUT2D eigenvalue weighted by Gasteiger charge is -2.17. The second-order valence-corrected chi connectivity index (χ2v) is 5.75. The number of para-hydroxylation sites is 1. The Morgan fingerprint density at radius 3 is 2.00 bits per heavy atom. The van der Waals surface area contributed by atoms with Crippen molar-refractivity contribution < 1.29 is 34.0 Å². The fourth-order valence-corrected chi connectivity index (χ4v) is 3.10. The number of carboxylic acid groups (broad SMARTS) is 2. The Morgan fingerprint density at radius 1 is 0.893 bits per heavy atom. The van der Waals surface area contributed by atoms with E-state index in [9.17, 15) is 19.8 Å². The first-order valence-electron chi connectivity index (χ1n) is 8.12. The second-order valence-electron chi connectivity index (χ2n) is 5.75. The van der Waals surface area contributed by atoms with Crippen molar-refractivity contribution in [1.29, 1.82) is 0 Å². The van der Waals surface area contributed by atoms with E-state index in [0.29, 0.717) is 11.1 Å². The number of aromatic carboxylic acids is 2. The minimum absolute atomic E-state index is 0.0436. The van der Waals surface area contributed by atoms with Gasteiger partial charge < -0.3 is 24.4 Å². The molecule has 0 radical (unpaired) electrons. The predicted molar refractivity (Wildman–Crippen MR) is 101 cm³/mol. The van der Waals surface area contributed by atoms with Crippen molar-refractivity contribution in [2.45, 2.75) is 0 Å². The molecule has 0 unspecified atom stereocenters. The number of hydrogen-bond acceptors (Lipinski definition) is 6. The number of nitrogens with zero attached hydrogens (tertiary/aromatic N) is 1. The summed E-state index contributed by atoms with van der Waals surface area (Å²) in [6, 6.07) is 9.45. The zero-order valence-corrected chi connectivity index (χ0v) is 15.3. The highest BCUT2D eigenvalue weighted by Gasteiger charge is 2.27. The van der Waals surface area contributed by atoms with Crippen molar-refractivity contribution in [2.75, 3.05) is 21.3 Å². The summed E-state index contributed by atoms with van der Waals surface area (Å²) < 4.78 is 15.9. The fraction of sp³-hybridized carbons (Fsp3) is 0.150. The van der Waals surface area contributed by atoms with Crippen molar-refractivity contribution in [3.05, 3.63) is 47.7 Å². The van der Waals surface area contributed by atoms with E-state index in [1.807, 2.05) is 0 Å². The average Bonchev–Trinajstić information content (AvgIpc) is 2.70. The number of pyridine rings is 1. The minimum Gasteiger partial charge on any atom is -0.493 e. The van der Waals surface area contributed by atoms with Crippen LogP contribution in [0.2, 0.25) is 0 Å². The van der Waals surface area contributed by atoms with E-state index >= 15 is 0 Å². The molecular weight excluding hydrogens is 366 g/mol. The van der Waals surface area contributed by atoms with E-state index in [0.717, 1.165) is 0 Å². The monoisotopic (exact) mass is 383 g/mol. The van der Waals surface area contributed by atoms with Crippen LogP contribution in [-0.4, -0.2) is 48.5 Å². The highest BCUT2D eigenvalue weighted by atomic mass is 16.5. The summed E-state index contributed by atoms with van der Waals surface area (Å²) in [6.45, 7) is 0. The van der Waals surface area contributed by atoms with Gasteiger partial charge in [0.15, 0.2) is 17.2 Å². The van der Waals surface area contributed by atoms with E-state index in [4.69, 9.17) is 14.2 Å². The van der Waals surface area contributed by atoms with E-state index in [2.05, 4.69) is 4.98 Å². The second kappa shape index (κ2) is 7.43. The molecule has 2 N–H and O–H groups in total. The lowest BCUT2D eigenvalue weighted by molar-refractivity contribution is 0.0691. The zero-order chi connectivity index (χ0) is 20.4. The number of benzene rings is 2. The van der Waals surface area contributed by atoms with Gasteiger partial charge in [0.1, 0.15) is 0 Å². The van der Waals surface area contributed by atoms with Gasteiger partial charge in [-0.1, -0.05) is 18.2 Å². The molecule has 0 saturated heterocycles. The number of aromatic nitrogens is 1. The molecule has 0 aliphatic heterocycles. The van der Waals surface area contributed by atoms with Crippen molar-refractivity contribution in [1.82, 2.24) is 4.98 Å². The summed E-state index contributed by atoms with van der Waals surface area (Å²) in [6.07, 6.45) is 0. The first-order chi connectivity index (χ1) is 13.4. The molecule has 0 atom stereocenters. The van der Waals surface area contributed by atoms with Gasteiger partial charge in [-0.25, -0.2) is 14.6 Å².